The second-order valence-electron chi connectivity index (χ2n) is 3.91. The van der Waals surface area contributed by atoms with E-state index in [4.69, 9.17) is 10.5 Å². The molecule has 0 aliphatic carbocycles. The van der Waals surface area contributed by atoms with E-state index in [0.717, 1.165) is 16.5 Å². The number of fused-ring (bicyclic) bond motifs is 1. The van der Waals surface area contributed by atoms with Crippen LogP contribution in [0.3, 0.4) is 0 Å². The molecule has 3 N–H and O–H groups in total. The molecule has 0 unspecified atom stereocenters. The molecule has 1 heterocycles. The summed E-state index contributed by atoms with van der Waals surface area (Å²) in [5.41, 5.74) is 8.00. The van der Waals surface area contributed by atoms with Crippen molar-refractivity contribution >= 4 is 16.9 Å². The monoisotopic (exact) mass is 232 g/mol. The summed E-state index contributed by atoms with van der Waals surface area (Å²) in [5.74, 6) is -0.259. The first-order chi connectivity index (χ1) is 8.22. The summed E-state index contributed by atoms with van der Waals surface area (Å²) in [6, 6.07) is 7.56. The lowest BCUT2D eigenvalue weighted by atomic mass is 10.0. The number of rotatable bonds is 4. The Bertz CT molecular complexity index is 519. The van der Waals surface area contributed by atoms with Gasteiger partial charge in [0.15, 0.2) is 0 Å². The molecule has 0 spiro atoms. The number of benzene rings is 1. The second-order valence-corrected chi connectivity index (χ2v) is 3.91. The van der Waals surface area contributed by atoms with Crippen molar-refractivity contribution in [2.24, 2.45) is 5.73 Å². The lowest BCUT2D eigenvalue weighted by Crippen LogP contribution is -2.16. The highest BCUT2D eigenvalue weighted by Gasteiger charge is 2.15. The highest BCUT2D eigenvalue weighted by molar-refractivity contribution is 5.84. The first kappa shape index (κ1) is 11.7. The third-order valence-electron chi connectivity index (χ3n) is 2.71. The molecule has 0 radical (unpaired) electrons. The average molecular weight is 232 g/mol. The van der Waals surface area contributed by atoms with Crippen LogP contribution in [-0.2, 0) is 9.53 Å². The Morgan fingerprint density at radius 2 is 2.24 bits per heavy atom. The lowest BCUT2D eigenvalue weighted by Gasteiger charge is -2.09. The van der Waals surface area contributed by atoms with Crippen molar-refractivity contribution < 1.29 is 9.53 Å². The Hall–Kier alpha value is -1.81. The van der Waals surface area contributed by atoms with E-state index in [9.17, 15) is 4.79 Å². The smallest absolute Gasteiger partial charge is 0.307 e. The molecule has 0 aliphatic heterocycles. The summed E-state index contributed by atoms with van der Waals surface area (Å²) in [5, 5.41) is 1.06. The van der Waals surface area contributed by atoms with Gasteiger partial charge in [0.2, 0.25) is 0 Å². The van der Waals surface area contributed by atoms with Crippen LogP contribution in [0.2, 0.25) is 0 Å². The van der Waals surface area contributed by atoms with Gasteiger partial charge in [-0.15, -0.1) is 0 Å². The van der Waals surface area contributed by atoms with Crippen molar-refractivity contribution in [1.29, 1.82) is 0 Å². The topological polar surface area (TPSA) is 68.1 Å². The molecule has 4 nitrogen and oxygen atoms in total. The number of nitrogens with one attached hydrogen (secondary N) is 1. The van der Waals surface area contributed by atoms with Crippen molar-refractivity contribution in [2.45, 2.75) is 19.4 Å². The number of esters is 1. The molecule has 90 valence electrons. The number of ether oxygens (including phenoxy) is 1. The zero-order valence-electron chi connectivity index (χ0n) is 9.77. The summed E-state index contributed by atoms with van der Waals surface area (Å²) in [6.07, 6.45) is 2.06. The third-order valence-corrected chi connectivity index (χ3v) is 2.71. The highest BCUT2D eigenvalue weighted by Crippen LogP contribution is 2.24. The van der Waals surface area contributed by atoms with E-state index in [2.05, 4.69) is 4.98 Å². The largest absolute Gasteiger partial charge is 0.466 e. The fourth-order valence-corrected chi connectivity index (χ4v) is 1.91. The van der Waals surface area contributed by atoms with E-state index in [1.807, 2.05) is 30.5 Å². The molecule has 1 aromatic heterocycles. The van der Waals surface area contributed by atoms with Crippen molar-refractivity contribution in [3.63, 3.8) is 0 Å². The van der Waals surface area contributed by atoms with Gasteiger partial charge >= 0.3 is 5.97 Å². The highest BCUT2D eigenvalue weighted by atomic mass is 16.5. The molecular weight excluding hydrogens is 216 g/mol. The molecule has 1 atom stereocenters. The molecule has 0 fully saturated rings. The predicted octanol–water partition coefficient (Wildman–Crippen LogP) is 2.12. The summed E-state index contributed by atoms with van der Waals surface area (Å²) in [4.78, 5) is 14.5. The first-order valence-electron chi connectivity index (χ1n) is 5.69. The second kappa shape index (κ2) is 5.01. The summed E-state index contributed by atoms with van der Waals surface area (Å²) < 4.78 is 4.89. The number of aromatic nitrogens is 1. The Labute approximate surface area is 99.8 Å². The standard InChI is InChI=1S/C13H16N2O2/c1-2-17-13(16)7-11(14)10-8-15-12-6-4-3-5-9(10)12/h3-6,8,11,15H,2,7,14H2,1H3/t11-/m0/s1. The van der Waals surface area contributed by atoms with Gasteiger partial charge in [-0.05, 0) is 18.6 Å². The van der Waals surface area contributed by atoms with Gasteiger partial charge in [-0.2, -0.15) is 0 Å². The Balaban J connectivity index is 2.19. The van der Waals surface area contributed by atoms with Gasteiger partial charge < -0.3 is 15.5 Å². The van der Waals surface area contributed by atoms with Crippen LogP contribution in [-0.4, -0.2) is 17.6 Å². The van der Waals surface area contributed by atoms with Gasteiger partial charge in [-0.25, -0.2) is 0 Å². The number of hydrogen-bond acceptors (Lipinski definition) is 3. The van der Waals surface area contributed by atoms with Crippen LogP contribution in [0.25, 0.3) is 10.9 Å². The minimum absolute atomic E-state index is 0.204. The molecule has 1 aromatic carbocycles. The molecule has 2 aromatic rings. The normalized spacial score (nSPS) is 12.6. The van der Waals surface area contributed by atoms with Gasteiger partial charge in [0.1, 0.15) is 0 Å². The minimum atomic E-state index is -0.329. The molecule has 2 rings (SSSR count). The predicted molar refractivity (Wildman–Crippen MR) is 66.5 cm³/mol. The maximum atomic E-state index is 11.4. The Morgan fingerprint density at radius 1 is 1.47 bits per heavy atom. The molecule has 0 amide bonds. The number of hydrogen-bond donors (Lipinski definition) is 2. The van der Waals surface area contributed by atoms with E-state index in [0.29, 0.717) is 6.61 Å². The summed E-state index contributed by atoms with van der Waals surface area (Å²) in [7, 11) is 0. The van der Waals surface area contributed by atoms with Crippen molar-refractivity contribution in [3.05, 3.63) is 36.0 Å². The van der Waals surface area contributed by atoms with Gasteiger partial charge in [0, 0.05) is 23.1 Å². The van der Waals surface area contributed by atoms with Crippen LogP contribution in [0.4, 0.5) is 0 Å². The van der Waals surface area contributed by atoms with E-state index in [1.165, 1.54) is 0 Å². The van der Waals surface area contributed by atoms with E-state index in [-0.39, 0.29) is 18.4 Å². The number of aromatic amines is 1. The Morgan fingerprint density at radius 3 is 3.00 bits per heavy atom. The van der Waals surface area contributed by atoms with Crippen molar-refractivity contribution in [1.82, 2.24) is 4.98 Å². The van der Waals surface area contributed by atoms with E-state index >= 15 is 0 Å². The average Bonchev–Trinajstić information content (AvgIpc) is 2.72. The van der Waals surface area contributed by atoms with Crippen LogP contribution in [0, 0.1) is 0 Å². The molecule has 17 heavy (non-hydrogen) atoms. The number of H-pyrrole nitrogens is 1. The molecule has 0 saturated heterocycles. The quantitative estimate of drug-likeness (QED) is 0.793. The zero-order chi connectivity index (χ0) is 12.3. The number of carbonyl (C=O) groups is 1. The summed E-state index contributed by atoms with van der Waals surface area (Å²) in [6.45, 7) is 2.18. The van der Waals surface area contributed by atoms with Crippen LogP contribution in [0.5, 0.6) is 0 Å². The van der Waals surface area contributed by atoms with Crippen LogP contribution >= 0.6 is 0 Å². The SMILES string of the molecule is CCOC(=O)C[C@H](N)c1c[nH]c2ccccc12. The molecule has 4 heteroatoms. The van der Waals surface area contributed by atoms with Crippen LogP contribution < -0.4 is 5.73 Å². The zero-order valence-corrected chi connectivity index (χ0v) is 9.77. The lowest BCUT2D eigenvalue weighted by molar-refractivity contribution is -0.143. The fourth-order valence-electron chi connectivity index (χ4n) is 1.91. The van der Waals surface area contributed by atoms with Gasteiger partial charge in [0.25, 0.3) is 0 Å². The molecule has 0 bridgehead atoms. The van der Waals surface area contributed by atoms with Crippen molar-refractivity contribution in [3.8, 4) is 0 Å². The van der Waals surface area contributed by atoms with Gasteiger partial charge in [0.05, 0.1) is 13.0 Å². The third kappa shape index (κ3) is 2.47. The maximum Gasteiger partial charge on any atom is 0.307 e. The van der Waals surface area contributed by atoms with Crippen LogP contribution in [0.1, 0.15) is 24.9 Å². The molecule has 0 aliphatic rings. The first-order valence-corrected chi connectivity index (χ1v) is 5.69. The fraction of sp³-hybridized carbons (Fsp3) is 0.308. The van der Waals surface area contributed by atoms with E-state index in [1.54, 1.807) is 6.92 Å². The number of para-hydroxylation sites is 1. The van der Waals surface area contributed by atoms with Crippen molar-refractivity contribution in [2.75, 3.05) is 6.61 Å². The van der Waals surface area contributed by atoms with Gasteiger partial charge in [-0.3, -0.25) is 4.79 Å². The van der Waals surface area contributed by atoms with E-state index < -0.39 is 0 Å². The van der Waals surface area contributed by atoms with Gasteiger partial charge in [-0.1, -0.05) is 18.2 Å². The summed E-state index contributed by atoms with van der Waals surface area (Å²) >= 11 is 0. The Kier molecular flexibility index (Phi) is 3.44. The number of carbonyl (C=O) groups excluding carboxylic acids is 1. The molecule has 0 saturated carbocycles. The number of nitrogens with two attached hydrogens (primary N) is 1. The van der Waals surface area contributed by atoms with Crippen LogP contribution in [0.15, 0.2) is 30.5 Å². The molecular formula is C13H16N2O2. The maximum absolute atomic E-state index is 11.4. The minimum Gasteiger partial charge on any atom is -0.466 e.